The Balaban J connectivity index is 2.33. The van der Waals surface area contributed by atoms with E-state index in [1.807, 2.05) is 11.9 Å². The quantitative estimate of drug-likeness (QED) is 0.864. The van der Waals surface area contributed by atoms with Crippen LogP contribution in [0.15, 0.2) is 12.1 Å². The molecule has 1 saturated carbocycles. The number of hydrogen-bond donors (Lipinski definition) is 1. The zero-order valence-corrected chi connectivity index (χ0v) is 12.6. The Morgan fingerprint density at radius 3 is 2.50 bits per heavy atom. The van der Waals surface area contributed by atoms with Crippen molar-refractivity contribution in [1.29, 1.82) is 0 Å². The highest BCUT2D eigenvalue weighted by atomic mass is 32.1. The molecule has 2 rings (SSSR count). The van der Waals surface area contributed by atoms with E-state index in [1.165, 1.54) is 12.5 Å². The van der Waals surface area contributed by atoms with Crippen LogP contribution in [0.1, 0.15) is 38.2 Å². The average Bonchev–Trinajstić information content (AvgIpc) is 2.41. The molecule has 0 bridgehead atoms. The summed E-state index contributed by atoms with van der Waals surface area (Å²) in [7, 11) is 1.82. The van der Waals surface area contributed by atoms with Gasteiger partial charge in [0.25, 0.3) is 0 Å². The van der Waals surface area contributed by atoms with Gasteiger partial charge in [0.05, 0.1) is 5.69 Å². The molecule has 1 fully saturated rings. The first kappa shape index (κ1) is 15.2. The fourth-order valence-electron chi connectivity index (χ4n) is 3.05. The number of nitrogens with two attached hydrogens (primary N) is 1. The Bertz CT molecular complexity index is 519. The van der Waals surface area contributed by atoms with E-state index in [4.69, 9.17) is 18.0 Å². The molecule has 110 valence electrons. The lowest BCUT2D eigenvalue weighted by molar-refractivity contribution is 0.319. The Morgan fingerprint density at radius 2 is 1.90 bits per heavy atom. The van der Waals surface area contributed by atoms with Crippen molar-refractivity contribution in [3.8, 4) is 0 Å². The van der Waals surface area contributed by atoms with Gasteiger partial charge in [-0.25, -0.2) is 8.78 Å². The molecule has 0 saturated heterocycles. The molecule has 20 heavy (non-hydrogen) atoms. The van der Waals surface area contributed by atoms with Crippen LogP contribution in [0.25, 0.3) is 0 Å². The van der Waals surface area contributed by atoms with Gasteiger partial charge in [-0.1, -0.05) is 32.0 Å². The molecule has 2 N–H and O–H groups in total. The molecule has 5 heteroatoms. The van der Waals surface area contributed by atoms with Crippen LogP contribution < -0.4 is 10.6 Å². The zero-order chi connectivity index (χ0) is 14.9. The Kier molecular flexibility index (Phi) is 4.58. The van der Waals surface area contributed by atoms with E-state index in [2.05, 4.69) is 6.92 Å². The number of halogens is 2. The van der Waals surface area contributed by atoms with Gasteiger partial charge in [-0.15, -0.1) is 0 Å². The lowest BCUT2D eigenvalue weighted by Gasteiger charge is -2.37. The van der Waals surface area contributed by atoms with Crippen LogP contribution in [0.4, 0.5) is 14.5 Å². The van der Waals surface area contributed by atoms with Gasteiger partial charge in [-0.2, -0.15) is 0 Å². The van der Waals surface area contributed by atoms with E-state index in [0.29, 0.717) is 5.92 Å². The normalized spacial score (nSPS) is 22.6. The highest BCUT2D eigenvalue weighted by Gasteiger charge is 2.28. The highest BCUT2D eigenvalue weighted by molar-refractivity contribution is 7.80. The van der Waals surface area contributed by atoms with Crippen molar-refractivity contribution < 1.29 is 8.78 Å². The fraction of sp³-hybridized carbons (Fsp3) is 0.533. The van der Waals surface area contributed by atoms with E-state index in [0.717, 1.165) is 19.3 Å². The van der Waals surface area contributed by atoms with E-state index >= 15 is 0 Å². The monoisotopic (exact) mass is 298 g/mol. The second kappa shape index (κ2) is 6.04. The minimum atomic E-state index is -0.953. The third-order valence-electron chi connectivity index (χ3n) is 4.27. The lowest BCUT2D eigenvalue weighted by Crippen LogP contribution is -2.39. The SMILES string of the molecule is CC1CCCCC1N(C)c1ccc(C(N)=S)c(F)c1F. The predicted octanol–water partition coefficient (Wildman–Crippen LogP) is 3.61. The van der Waals surface area contributed by atoms with Crippen LogP contribution in [0, 0.1) is 17.6 Å². The number of hydrogen-bond acceptors (Lipinski definition) is 2. The lowest BCUT2D eigenvalue weighted by atomic mass is 9.85. The van der Waals surface area contributed by atoms with Gasteiger partial charge >= 0.3 is 0 Å². The van der Waals surface area contributed by atoms with Crippen molar-refractivity contribution in [3.63, 3.8) is 0 Å². The van der Waals surface area contributed by atoms with Crippen molar-refractivity contribution in [3.05, 3.63) is 29.3 Å². The summed E-state index contributed by atoms with van der Waals surface area (Å²) in [6.45, 7) is 2.16. The summed E-state index contributed by atoms with van der Waals surface area (Å²) >= 11 is 4.72. The van der Waals surface area contributed by atoms with Gasteiger partial charge in [0, 0.05) is 18.7 Å². The molecular weight excluding hydrogens is 278 g/mol. The number of thiocarbonyl (C=S) groups is 1. The Labute approximate surface area is 123 Å². The van der Waals surface area contributed by atoms with Gasteiger partial charge in [0.2, 0.25) is 0 Å². The number of rotatable bonds is 3. The van der Waals surface area contributed by atoms with Gasteiger partial charge in [0.15, 0.2) is 11.6 Å². The summed E-state index contributed by atoms with van der Waals surface area (Å²) < 4.78 is 28.2. The van der Waals surface area contributed by atoms with Crippen molar-refractivity contribution in [1.82, 2.24) is 0 Å². The predicted molar refractivity (Wildman–Crippen MR) is 82.1 cm³/mol. The maximum Gasteiger partial charge on any atom is 0.182 e. The highest BCUT2D eigenvalue weighted by Crippen LogP contribution is 2.32. The molecule has 0 aromatic heterocycles. The summed E-state index contributed by atoms with van der Waals surface area (Å²) in [6.07, 6.45) is 4.48. The second-order valence-corrected chi connectivity index (χ2v) is 6.00. The van der Waals surface area contributed by atoms with E-state index in [9.17, 15) is 8.78 Å². The van der Waals surface area contributed by atoms with Gasteiger partial charge < -0.3 is 10.6 Å². The smallest absolute Gasteiger partial charge is 0.182 e. The first-order valence-electron chi connectivity index (χ1n) is 6.94. The molecule has 2 unspecified atom stereocenters. The first-order chi connectivity index (χ1) is 9.43. The fourth-order valence-corrected chi connectivity index (χ4v) is 3.21. The Hall–Kier alpha value is -1.23. The van der Waals surface area contributed by atoms with E-state index < -0.39 is 11.6 Å². The standard InChI is InChI=1S/C15H20F2N2S/c1-9-5-3-4-6-11(9)19(2)12-8-7-10(15(18)20)13(16)14(12)17/h7-9,11H,3-6H2,1-2H3,(H2,18,20). The molecule has 1 aromatic rings. The third-order valence-corrected chi connectivity index (χ3v) is 4.49. The van der Waals surface area contributed by atoms with Crippen molar-refractivity contribution in [2.45, 2.75) is 38.6 Å². The van der Waals surface area contributed by atoms with E-state index in [-0.39, 0.29) is 22.3 Å². The molecule has 0 aliphatic heterocycles. The summed E-state index contributed by atoms with van der Waals surface area (Å²) in [5.74, 6) is -1.34. The van der Waals surface area contributed by atoms with Crippen LogP contribution in [-0.2, 0) is 0 Å². The average molecular weight is 298 g/mol. The topological polar surface area (TPSA) is 29.3 Å². The summed E-state index contributed by atoms with van der Waals surface area (Å²) in [5, 5.41) is 0. The molecule has 2 atom stereocenters. The van der Waals surface area contributed by atoms with Gasteiger partial charge in [0.1, 0.15) is 4.99 Å². The van der Waals surface area contributed by atoms with Crippen LogP contribution >= 0.6 is 12.2 Å². The molecule has 1 aliphatic carbocycles. The van der Waals surface area contributed by atoms with Crippen LogP contribution in [0.3, 0.4) is 0 Å². The van der Waals surface area contributed by atoms with Gasteiger partial charge in [-0.3, -0.25) is 0 Å². The molecular formula is C15H20F2N2S. The summed E-state index contributed by atoms with van der Waals surface area (Å²) in [4.78, 5) is 1.73. The number of benzene rings is 1. The molecule has 0 heterocycles. The zero-order valence-electron chi connectivity index (χ0n) is 11.8. The minimum Gasteiger partial charge on any atom is -0.389 e. The molecule has 0 spiro atoms. The maximum absolute atomic E-state index is 14.2. The largest absolute Gasteiger partial charge is 0.389 e. The third kappa shape index (κ3) is 2.77. The van der Waals surface area contributed by atoms with Crippen molar-refractivity contribution in [2.24, 2.45) is 11.7 Å². The van der Waals surface area contributed by atoms with Crippen LogP contribution in [0.2, 0.25) is 0 Å². The van der Waals surface area contributed by atoms with Crippen LogP contribution in [-0.4, -0.2) is 18.1 Å². The second-order valence-electron chi connectivity index (χ2n) is 5.56. The van der Waals surface area contributed by atoms with Crippen molar-refractivity contribution >= 4 is 22.9 Å². The molecule has 2 nitrogen and oxygen atoms in total. The number of nitrogens with zero attached hydrogens (tertiary/aromatic N) is 1. The first-order valence-corrected chi connectivity index (χ1v) is 7.35. The molecule has 1 aromatic carbocycles. The molecule has 0 radical (unpaired) electrons. The summed E-state index contributed by atoms with van der Waals surface area (Å²) in [6, 6.07) is 3.27. The summed E-state index contributed by atoms with van der Waals surface area (Å²) in [5.41, 5.74) is 5.63. The van der Waals surface area contributed by atoms with E-state index in [1.54, 1.807) is 6.07 Å². The van der Waals surface area contributed by atoms with Crippen molar-refractivity contribution in [2.75, 3.05) is 11.9 Å². The molecule has 0 amide bonds. The minimum absolute atomic E-state index is 0.0358. The van der Waals surface area contributed by atoms with Gasteiger partial charge in [-0.05, 0) is 30.9 Å². The molecule has 1 aliphatic rings. The Morgan fingerprint density at radius 1 is 1.25 bits per heavy atom. The maximum atomic E-state index is 14.2. The van der Waals surface area contributed by atoms with Crippen LogP contribution in [0.5, 0.6) is 0 Å². The number of anilines is 1.